The maximum atomic E-state index is 12.6. The molecule has 1 N–H and O–H groups in total. The van der Waals surface area contributed by atoms with Gasteiger partial charge in [-0.2, -0.15) is 0 Å². The largest absolute Gasteiger partial charge is 0.495 e. The maximum Gasteiger partial charge on any atom is 0.245 e. The number of nitrogens with zero attached hydrogens (tertiary/aromatic N) is 2. The summed E-state index contributed by atoms with van der Waals surface area (Å²) in [6.45, 7) is 4.54. The second-order valence-corrected chi connectivity index (χ2v) is 9.05. The minimum absolute atomic E-state index is 0.331. The highest BCUT2D eigenvalue weighted by Gasteiger charge is 2.24. The van der Waals surface area contributed by atoms with E-state index in [1.165, 1.54) is 7.11 Å². The number of anilines is 3. The van der Waals surface area contributed by atoms with Crippen molar-refractivity contribution < 1.29 is 22.7 Å². The first-order valence-electron chi connectivity index (χ1n) is 9.63. The first-order valence-corrected chi connectivity index (χ1v) is 11.5. The number of nitrogens with one attached hydrogen (secondary N) is 1. The van der Waals surface area contributed by atoms with E-state index in [1.54, 1.807) is 24.3 Å². The molecule has 0 aromatic heterocycles. The number of carbonyl (C=O) groups excluding carboxylic acids is 1. The molecule has 1 aliphatic heterocycles. The van der Waals surface area contributed by atoms with Crippen LogP contribution in [0.15, 0.2) is 42.5 Å². The van der Waals surface area contributed by atoms with Crippen LogP contribution in [-0.2, 0) is 19.6 Å². The molecule has 30 heavy (non-hydrogen) atoms. The van der Waals surface area contributed by atoms with Gasteiger partial charge < -0.3 is 19.7 Å². The number of hydrogen-bond acceptors (Lipinski definition) is 6. The fourth-order valence-corrected chi connectivity index (χ4v) is 4.14. The van der Waals surface area contributed by atoms with Crippen molar-refractivity contribution in [1.82, 2.24) is 0 Å². The molecular weight excluding hydrogens is 406 g/mol. The summed E-state index contributed by atoms with van der Waals surface area (Å²) in [6, 6.07) is 12.7. The number of hydrogen-bond donors (Lipinski definition) is 1. The lowest BCUT2D eigenvalue weighted by Gasteiger charge is -2.29. The summed E-state index contributed by atoms with van der Waals surface area (Å²) >= 11 is 0. The highest BCUT2D eigenvalue weighted by Crippen LogP contribution is 2.31. The van der Waals surface area contributed by atoms with E-state index < -0.39 is 15.9 Å². The van der Waals surface area contributed by atoms with Crippen LogP contribution in [0.5, 0.6) is 5.75 Å². The molecule has 0 bridgehead atoms. The van der Waals surface area contributed by atoms with Crippen molar-refractivity contribution in [3.05, 3.63) is 48.0 Å². The van der Waals surface area contributed by atoms with Crippen molar-refractivity contribution >= 4 is 33.0 Å². The average Bonchev–Trinajstić information content (AvgIpc) is 2.72. The Kier molecular flexibility index (Phi) is 6.84. The van der Waals surface area contributed by atoms with Crippen LogP contribution in [-0.4, -0.2) is 60.5 Å². The first kappa shape index (κ1) is 21.9. The number of aryl methyl sites for hydroxylation is 1. The van der Waals surface area contributed by atoms with Crippen LogP contribution in [0, 0.1) is 6.92 Å². The lowest BCUT2D eigenvalue weighted by Crippen LogP contribution is -2.37. The van der Waals surface area contributed by atoms with Gasteiger partial charge >= 0.3 is 0 Å². The molecule has 1 aliphatic rings. The Balaban J connectivity index is 1.73. The van der Waals surface area contributed by atoms with Gasteiger partial charge in [-0.1, -0.05) is 6.07 Å². The Morgan fingerprint density at radius 3 is 2.43 bits per heavy atom. The summed E-state index contributed by atoms with van der Waals surface area (Å²) in [5, 5.41) is 2.77. The lowest BCUT2D eigenvalue weighted by molar-refractivity contribution is -0.114. The number of carbonyl (C=O) groups is 1. The summed E-state index contributed by atoms with van der Waals surface area (Å²) in [7, 11) is -2.24. The van der Waals surface area contributed by atoms with Gasteiger partial charge in [0.05, 0.1) is 32.3 Å². The fourth-order valence-electron chi connectivity index (χ4n) is 3.28. The number of benzene rings is 2. The zero-order valence-corrected chi connectivity index (χ0v) is 18.2. The Hall–Kier alpha value is -2.78. The topological polar surface area (TPSA) is 88.2 Å². The van der Waals surface area contributed by atoms with Crippen LogP contribution in [0.4, 0.5) is 17.1 Å². The highest BCUT2D eigenvalue weighted by atomic mass is 32.2. The quantitative estimate of drug-likeness (QED) is 0.721. The minimum atomic E-state index is -3.70. The monoisotopic (exact) mass is 433 g/mol. The van der Waals surface area contributed by atoms with E-state index in [-0.39, 0.29) is 6.54 Å². The molecule has 8 nitrogen and oxygen atoms in total. The van der Waals surface area contributed by atoms with Crippen molar-refractivity contribution in [2.24, 2.45) is 0 Å². The first-order chi connectivity index (χ1) is 14.3. The molecule has 0 spiro atoms. The number of ether oxygens (including phenoxy) is 2. The van der Waals surface area contributed by atoms with E-state index in [0.717, 1.165) is 34.9 Å². The van der Waals surface area contributed by atoms with Crippen LogP contribution < -0.4 is 19.3 Å². The molecule has 162 valence electrons. The molecule has 0 radical (unpaired) electrons. The fraction of sp³-hybridized carbons (Fsp3) is 0.381. The summed E-state index contributed by atoms with van der Waals surface area (Å²) in [6.07, 6.45) is 1.07. The van der Waals surface area contributed by atoms with E-state index in [0.29, 0.717) is 30.3 Å². The number of rotatable bonds is 7. The van der Waals surface area contributed by atoms with Gasteiger partial charge in [0.15, 0.2) is 0 Å². The summed E-state index contributed by atoms with van der Waals surface area (Å²) < 4.78 is 36.5. The normalized spacial score (nSPS) is 14.3. The molecule has 3 rings (SSSR count). The molecule has 0 unspecified atom stereocenters. The van der Waals surface area contributed by atoms with Gasteiger partial charge in [-0.3, -0.25) is 9.10 Å². The summed E-state index contributed by atoms with van der Waals surface area (Å²) in [5.41, 5.74) is 2.84. The molecule has 9 heteroatoms. The van der Waals surface area contributed by atoms with Crippen molar-refractivity contribution in [1.29, 1.82) is 0 Å². The van der Waals surface area contributed by atoms with Crippen LogP contribution in [0.25, 0.3) is 0 Å². The van der Waals surface area contributed by atoms with Crippen LogP contribution >= 0.6 is 0 Å². The molecule has 2 aromatic carbocycles. The molecular formula is C21H27N3O5S. The van der Waals surface area contributed by atoms with Gasteiger partial charge in [-0.15, -0.1) is 0 Å². The zero-order valence-electron chi connectivity index (χ0n) is 17.4. The number of amides is 1. The van der Waals surface area contributed by atoms with Crippen molar-refractivity contribution in [3.8, 4) is 5.75 Å². The third kappa shape index (κ3) is 5.43. The van der Waals surface area contributed by atoms with E-state index in [2.05, 4.69) is 10.2 Å². The molecule has 0 atom stereocenters. The van der Waals surface area contributed by atoms with Crippen molar-refractivity contribution in [2.45, 2.75) is 6.92 Å². The van der Waals surface area contributed by atoms with Gasteiger partial charge in [0, 0.05) is 24.5 Å². The SMILES string of the molecule is COc1ccc(C)cc1N(CC(=O)Nc1ccc(N2CCOCC2)cc1)S(C)(=O)=O. The molecule has 0 aliphatic carbocycles. The van der Waals surface area contributed by atoms with Crippen LogP contribution in [0.1, 0.15) is 5.56 Å². The number of methoxy groups -OCH3 is 1. The van der Waals surface area contributed by atoms with Gasteiger partial charge in [0.2, 0.25) is 15.9 Å². The van der Waals surface area contributed by atoms with Gasteiger partial charge in [0.25, 0.3) is 0 Å². The Bertz CT molecular complexity index is 986. The summed E-state index contributed by atoms with van der Waals surface area (Å²) in [5.74, 6) is -0.0585. The standard InChI is InChI=1S/C21H27N3O5S/c1-16-4-9-20(28-2)19(14-16)24(30(3,26)27)15-21(25)22-17-5-7-18(8-6-17)23-10-12-29-13-11-23/h4-9,14H,10-13,15H2,1-3H3,(H,22,25). The van der Waals surface area contributed by atoms with Crippen molar-refractivity contribution in [3.63, 3.8) is 0 Å². The van der Waals surface area contributed by atoms with Gasteiger partial charge in [-0.05, 0) is 48.9 Å². The molecule has 2 aromatic rings. The predicted molar refractivity (Wildman–Crippen MR) is 118 cm³/mol. The molecule has 1 heterocycles. The van der Waals surface area contributed by atoms with E-state index in [9.17, 15) is 13.2 Å². The Labute approximate surface area is 177 Å². The molecule has 0 saturated carbocycles. The van der Waals surface area contributed by atoms with E-state index in [4.69, 9.17) is 9.47 Å². The van der Waals surface area contributed by atoms with Crippen LogP contribution in [0.2, 0.25) is 0 Å². The van der Waals surface area contributed by atoms with E-state index >= 15 is 0 Å². The van der Waals surface area contributed by atoms with Crippen molar-refractivity contribution in [2.75, 3.05) is 60.7 Å². The Morgan fingerprint density at radius 2 is 1.83 bits per heavy atom. The number of morpholine rings is 1. The van der Waals surface area contributed by atoms with Gasteiger partial charge in [0.1, 0.15) is 12.3 Å². The smallest absolute Gasteiger partial charge is 0.245 e. The maximum absolute atomic E-state index is 12.6. The zero-order chi connectivity index (χ0) is 21.7. The van der Waals surface area contributed by atoms with Gasteiger partial charge in [-0.25, -0.2) is 8.42 Å². The third-order valence-corrected chi connectivity index (χ3v) is 5.94. The average molecular weight is 434 g/mol. The lowest BCUT2D eigenvalue weighted by atomic mass is 10.2. The third-order valence-electron chi connectivity index (χ3n) is 4.82. The number of sulfonamides is 1. The predicted octanol–water partition coefficient (Wildman–Crippen LogP) is 2.24. The Morgan fingerprint density at radius 1 is 1.17 bits per heavy atom. The second-order valence-electron chi connectivity index (χ2n) is 7.14. The minimum Gasteiger partial charge on any atom is -0.495 e. The van der Waals surface area contributed by atoms with Crippen LogP contribution in [0.3, 0.4) is 0 Å². The van der Waals surface area contributed by atoms with E-state index in [1.807, 2.05) is 25.1 Å². The molecule has 1 fully saturated rings. The second kappa shape index (κ2) is 9.36. The molecule has 1 saturated heterocycles. The highest BCUT2D eigenvalue weighted by molar-refractivity contribution is 7.92. The molecule has 1 amide bonds. The summed E-state index contributed by atoms with van der Waals surface area (Å²) in [4.78, 5) is 14.8.